The highest BCUT2D eigenvalue weighted by molar-refractivity contribution is 6.06. The predicted molar refractivity (Wildman–Crippen MR) is 111 cm³/mol. The van der Waals surface area contributed by atoms with E-state index in [4.69, 9.17) is 20.6 Å². The summed E-state index contributed by atoms with van der Waals surface area (Å²) in [5.74, 6) is -3.34. The van der Waals surface area contributed by atoms with E-state index >= 15 is 0 Å². The molecule has 1 aromatic rings. The number of carboxylic acid groups (broad SMARTS) is 1. The van der Waals surface area contributed by atoms with Crippen molar-refractivity contribution in [3.05, 3.63) is 23.0 Å². The van der Waals surface area contributed by atoms with Crippen LogP contribution in [0, 0.1) is 17.1 Å². The molecule has 1 fully saturated rings. The summed E-state index contributed by atoms with van der Waals surface area (Å²) >= 11 is 0. The first-order valence-electron chi connectivity index (χ1n) is 9.82. The molecule has 0 radical (unpaired) electrons. The van der Waals surface area contributed by atoms with Crippen molar-refractivity contribution in [3.63, 3.8) is 0 Å². The molecule has 5 N–H and O–H groups in total. The average Bonchev–Trinajstić information content (AvgIpc) is 3.43. The van der Waals surface area contributed by atoms with Crippen molar-refractivity contribution in [1.29, 1.82) is 5.41 Å². The molecular formula is C21H30FN3O5. The maximum absolute atomic E-state index is 14.8. The number of nitrogens with two attached hydrogens (primary N) is 1. The van der Waals surface area contributed by atoms with Crippen LogP contribution in [-0.2, 0) is 9.53 Å². The first-order chi connectivity index (χ1) is 13.9. The Morgan fingerprint density at radius 1 is 1.40 bits per heavy atom. The molecule has 8 nitrogen and oxygen atoms in total. The third-order valence-corrected chi connectivity index (χ3v) is 4.71. The first kappa shape index (κ1) is 23.6. The Morgan fingerprint density at radius 2 is 2.00 bits per heavy atom. The number of carbonyl (C=O) groups is 2. The number of rotatable bonds is 9. The SMILES string of the molecule is COc1c(NC2CC2)c(C(=O)O)cc(F)c1C(=N)CC(C)C(N)C(=O)OC(C)(C)C. The zero-order valence-corrected chi connectivity index (χ0v) is 18.0. The second kappa shape index (κ2) is 8.99. The summed E-state index contributed by atoms with van der Waals surface area (Å²) in [6.45, 7) is 6.84. The third-order valence-electron chi connectivity index (χ3n) is 4.71. The molecule has 0 bridgehead atoms. The number of benzene rings is 1. The first-order valence-corrected chi connectivity index (χ1v) is 9.82. The minimum absolute atomic E-state index is 0.0248. The Hall–Kier alpha value is -2.68. The largest absolute Gasteiger partial charge is 0.494 e. The maximum Gasteiger partial charge on any atom is 0.338 e. The van der Waals surface area contributed by atoms with Crippen LogP contribution >= 0.6 is 0 Å². The van der Waals surface area contributed by atoms with E-state index in [1.807, 2.05) is 0 Å². The highest BCUT2D eigenvalue weighted by atomic mass is 19.1. The van der Waals surface area contributed by atoms with Gasteiger partial charge in [0.2, 0.25) is 0 Å². The fourth-order valence-corrected chi connectivity index (χ4v) is 3.01. The van der Waals surface area contributed by atoms with Crippen LogP contribution in [0.2, 0.25) is 0 Å². The summed E-state index contributed by atoms with van der Waals surface area (Å²) < 4.78 is 25.4. The Balaban J connectivity index is 2.32. The van der Waals surface area contributed by atoms with E-state index in [9.17, 15) is 19.1 Å². The summed E-state index contributed by atoms with van der Waals surface area (Å²) in [5.41, 5.74) is 4.88. The number of hydrogen-bond acceptors (Lipinski definition) is 7. The molecule has 9 heteroatoms. The highest BCUT2D eigenvalue weighted by Crippen LogP contribution is 2.39. The van der Waals surface area contributed by atoms with E-state index in [1.54, 1.807) is 27.7 Å². The summed E-state index contributed by atoms with van der Waals surface area (Å²) in [6.07, 6.45) is 1.71. The zero-order chi connectivity index (χ0) is 22.8. The molecule has 166 valence electrons. The minimum atomic E-state index is -1.30. The quantitative estimate of drug-likeness (QED) is 0.354. The van der Waals surface area contributed by atoms with Gasteiger partial charge in [0.15, 0.2) is 5.75 Å². The zero-order valence-electron chi connectivity index (χ0n) is 18.0. The van der Waals surface area contributed by atoms with E-state index in [-0.39, 0.29) is 40.7 Å². The van der Waals surface area contributed by atoms with Gasteiger partial charge in [-0.05, 0) is 52.0 Å². The lowest BCUT2D eigenvalue weighted by atomic mass is 9.91. The van der Waals surface area contributed by atoms with Crippen molar-refractivity contribution in [2.45, 2.75) is 64.6 Å². The maximum atomic E-state index is 14.8. The fraction of sp³-hybridized carbons (Fsp3) is 0.571. The van der Waals surface area contributed by atoms with Gasteiger partial charge in [-0.2, -0.15) is 0 Å². The lowest BCUT2D eigenvalue weighted by Crippen LogP contribution is -2.42. The predicted octanol–water partition coefficient (Wildman–Crippen LogP) is 3.17. The van der Waals surface area contributed by atoms with Gasteiger partial charge in [0.1, 0.15) is 17.5 Å². The Kier molecular flexibility index (Phi) is 7.07. The van der Waals surface area contributed by atoms with E-state index in [1.165, 1.54) is 7.11 Å². The molecule has 1 aliphatic rings. The molecule has 1 saturated carbocycles. The molecule has 30 heavy (non-hydrogen) atoms. The monoisotopic (exact) mass is 423 g/mol. The molecule has 1 aromatic carbocycles. The van der Waals surface area contributed by atoms with Crippen LogP contribution in [0.15, 0.2) is 6.07 Å². The summed E-state index contributed by atoms with van der Waals surface area (Å²) in [6, 6.07) is -0.0252. The van der Waals surface area contributed by atoms with Crippen LogP contribution in [-0.4, -0.2) is 47.6 Å². The van der Waals surface area contributed by atoms with E-state index in [2.05, 4.69) is 5.32 Å². The number of methoxy groups -OCH3 is 1. The van der Waals surface area contributed by atoms with Crippen molar-refractivity contribution in [2.24, 2.45) is 11.7 Å². The van der Waals surface area contributed by atoms with Gasteiger partial charge in [0.25, 0.3) is 0 Å². The van der Waals surface area contributed by atoms with Gasteiger partial charge in [0.05, 0.1) is 23.9 Å². The van der Waals surface area contributed by atoms with Gasteiger partial charge in [0, 0.05) is 11.8 Å². The van der Waals surface area contributed by atoms with Crippen molar-refractivity contribution in [1.82, 2.24) is 0 Å². The molecule has 0 amide bonds. The van der Waals surface area contributed by atoms with Crippen molar-refractivity contribution in [3.8, 4) is 5.75 Å². The van der Waals surface area contributed by atoms with Crippen LogP contribution < -0.4 is 15.8 Å². The number of esters is 1. The topological polar surface area (TPSA) is 135 Å². The molecule has 1 aliphatic carbocycles. The van der Waals surface area contributed by atoms with Crippen LogP contribution in [0.4, 0.5) is 10.1 Å². The van der Waals surface area contributed by atoms with Gasteiger partial charge in [-0.1, -0.05) is 6.92 Å². The molecule has 2 rings (SSSR count). The Labute approximate surface area is 175 Å². The molecule has 0 heterocycles. The Bertz CT molecular complexity index is 846. The van der Waals surface area contributed by atoms with E-state index in [0.717, 1.165) is 18.9 Å². The third kappa shape index (κ3) is 5.69. The number of nitrogens with one attached hydrogen (secondary N) is 2. The molecule has 0 aromatic heterocycles. The number of ether oxygens (including phenoxy) is 2. The second-order valence-electron chi connectivity index (χ2n) is 8.63. The summed E-state index contributed by atoms with van der Waals surface area (Å²) in [4.78, 5) is 23.8. The molecular weight excluding hydrogens is 393 g/mol. The molecule has 0 aliphatic heterocycles. The van der Waals surface area contributed by atoms with E-state index in [0.29, 0.717) is 0 Å². The van der Waals surface area contributed by atoms with Crippen LogP contribution in [0.1, 0.15) is 62.9 Å². The normalized spacial score (nSPS) is 15.8. The van der Waals surface area contributed by atoms with Crippen LogP contribution in [0.5, 0.6) is 5.75 Å². The van der Waals surface area contributed by atoms with Crippen molar-refractivity contribution >= 4 is 23.3 Å². The van der Waals surface area contributed by atoms with Gasteiger partial charge in [-0.3, -0.25) is 4.79 Å². The molecule has 2 unspecified atom stereocenters. The van der Waals surface area contributed by atoms with Crippen molar-refractivity contribution < 1.29 is 28.6 Å². The lowest BCUT2D eigenvalue weighted by molar-refractivity contribution is -0.157. The van der Waals surface area contributed by atoms with Gasteiger partial charge in [-0.15, -0.1) is 0 Å². The lowest BCUT2D eigenvalue weighted by Gasteiger charge is -2.25. The summed E-state index contributed by atoms with van der Waals surface area (Å²) in [7, 11) is 1.30. The minimum Gasteiger partial charge on any atom is -0.494 e. The average molecular weight is 423 g/mol. The number of carbonyl (C=O) groups excluding carboxylic acids is 1. The summed E-state index contributed by atoms with van der Waals surface area (Å²) in [5, 5.41) is 21.0. The molecule has 2 atom stereocenters. The highest BCUT2D eigenvalue weighted by Gasteiger charge is 2.32. The van der Waals surface area contributed by atoms with Gasteiger partial charge < -0.3 is 31.0 Å². The van der Waals surface area contributed by atoms with Gasteiger partial charge in [-0.25, -0.2) is 9.18 Å². The molecule has 0 spiro atoms. The van der Waals surface area contributed by atoms with E-state index < -0.39 is 35.3 Å². The standard InChI is InChI=1S/C21H30FN3O5/c1-10(16(24)20(28)30-21(2,3)4)8-14(23)15-13(22)9-12(19(26)27)17(18(15)29-5)25-11-6-7-11/h9-11,16,23,25H,6-8,24H2,1-5H3,(H,26,27). The number of anilines is 1. The van der Waals surface area contributed by atoms with Gasteiger partial charge >= 0.3 is 11.9 Å². The van der Waals surface area contributed by atoms with Crippen LogP contribution in [0.3, 0.4) is 0 Å². The van der Waals surface area contributed by atoms with Crippen LogP contribution in [0.25, 0.3) is 0 Å². The smallest absolute Gasteiger partial charge is 0.338 e. The number of carboxylic acids is 1. The number of halogens is 1. The number of aromatic carboxylic acids is 1. The fourth-order valence-electron chi connectivity index (χ4n) is 3.01. The second-order valence-corrected chi connectivity index (χ2v) is 8.63. The number of hydrogen-bond donors (Lipinski definition) is 4. The van der Waals surface area contributed by atoms with Crippen molar-refractivity contribution in [2.75, 3.05) is 12.4 Å². The Morgan fingerprint density at radius 3 is 2.47 bits per heavy atom. The molecule has 0 saturated heterocycles.